The second-order valence-corrected chi connectivity index (χ2v) is 26.0. The van der Waals surface area contributed by atoms with Gasteiger partial charge < -0.3 is 4.42 Å². The van der Waals surface area contributed by atoms with Crippen molar-refractivity contribution in [1.29, 1.82) is 0 Å². The Morgan fingerprint density at radius 3 is 2.03 bits per heavy atom. The van der Waals surface area contributed by atoms with E-state index in [1.165, 1.54) is 55.5 Å². The van der Waals surface area contributed by atoms with E-state index in [9.17, 15) is 0 Å². The van der Waals surface area contributed by atoms with Crippen LogP contribution in [0.15, 0.2) is 181 Å². The lowest BCUT2D eigenvalue weighted by Gasteiger charge is -2.31. The molecule has 2 unspecified atom stereocenters. The zero-order valence-corrected chi connectivity index (χ0v) is 41.3. The number of aromatic nitrogens is 3. The van der Waals surface area contributed by atoms with Gasteiger partial charge in [0.25, 0.3) is 0 Å². The number of hydrogen-bond donors (Lipinski definition) is 0. The molecule has 2 atom stereocenters. The van der Waals surface area contributed by atoms with Crippen LogP contribution in [0.1, 0.15) is 80.2 Å². The first kappa shape index (κ1) is 42.3. The lowest BCUT2D eigenvalue weighted by molar-refractivity contribution is -0.723. The minimum atomic E-state index is -1.70. The normalized spacial score (nSPS) is 15.8. The maximum atomic E-state index is 7.41. The van der Waals surface area contributed by atoms with E-state index >= 15 is 0 Å². The molecular weight excluding hydrogens is 843 g/mol. The Labute approximate surface area is 401 Å². The summed E-state index contributed by atoms with van der Waals surface area (Å²) in [6.07, 6.45) is 4.33. The summed E-state index contributed by atoms with van der Waals surface area (Å²) in [5.74, 6) is 1.85. The van der Waals surface area contributed by atoms with E-state index in [4.69, 9.17) is 11.0 Å². The number of aryl methyl sites for hydroxylation is 1. The lowest BCUT2D eigenvalue weighted by Crippen LogP contribution is -2.56. The fraction of sp³-hybridized carbons (Fsp3) is 0.206. The fourth-order valence-electron chi connectivity index (χ4n) is 11.7. The number of fused-ring (bicyclic) bond motifs is 15. The predicted molar refractivity (Wildman–Crippen MR) is 286 cm³/mol. The Bertz CT molecular complexity index is 3610. The first-order valence-corrected chi connectivity index (χ1v) is 28.1. The third kappa shape index (κ3) is 6.61. The Morgan fingerprint density at radius 2 is 1.29 bits per heavy atom. The topological polar surface area (TPSA) is 25.8 Å². The average Bonchev–Trinajstić information content (AvgIpc) is 3.91. The summed E-state index contributed by atoms with van der Waals surface area (Å²) in [7, 11) is -1.70. The highest BCUT2D eigenvalue weighted by Gasteiger charge is 2.48. The van der Waals surface area contributed by atoms with E-state index in [-0.39, 0.29) is 23.8 Å². The highest BCUT2D eigenvalue weighted by atomic mass is 28.3. The van der Waals surface area contributed by atoms with Crippen molar-refractivity contribution in [3.05, 3.63) is 199 Å². The number of hydrogen-bond acceptors (Lipinski definition) is 1. The number of allylic oxidation sites excluding steroid dienone is 1. The standard InChI is InChI=1S/C63H59N3OSi/c1-39(2)48-21-16-22-49(40(3)4)61(48)66-57-24-15-14-23-56(57)65-41(5)60-53(50-19-12-13-20-51(50)55-36-32-47(38-64(55)60)68(6,7)8)34-29-45-30-35-54-52-33-31-46(37-58(52)67-62(54)59(45)63(65)66)44-27-25-43(26-28-44)42-17-10-9-11-18-42/h9-28,30-33,35-40,53,60H,5,29,34H2,1-4,6-8H3/q+2. The lowest BCUT2D eigenvalue weighted by atomic mass is 9.78. The summed E-state index contributed by atoms with van der Waals surface area (Å²) in [5, 5.41) is 3.70. The third-order valence-corrected chi connectivity index (χ3v) is 17.2. The highest BCUT2D eigenvalue weighted by molar-refractivity contribution is 6.88. The molecule has 68 heavy (non-hydrogen) atoms. The fourth-order valence-corrected chi connectivity index (χ4v) is 12.8. The molecule has 0 fully saturated rings. The molecule has 5 heterocycles. The van der Waals surface area contributed by atoms with E-state index in [1.54, 1.807) is 0 Å². The minimum Gasteiger partial charge on any atom is -0.455 e. The van der Waals surface area contributed by atoms with Crippen molar-refractivity contribution in [3.63, 3.8) is 0 Å². The van der Waals surface area contributed by atoms with Crippen LogP contribution in [-0.4, -0.2) is 12.6 Å². The largest absolute Gasteiger partial charge is 0.455 e. The first-order chi connectivity index (χ1) is 33.0. The van der Waals surface area contributed by atoms with Gasteiger partial charge in [-0.3, -0.25) is 0 Å². The number of para-hydroxylation sites is 3. The number of pyridine rings is 1. The summed E-state index contributed by atoms with van der Waals surface area (Å²) in [4.78, 5) is 0. The zero-order valence-electron chi connectivity index (χ0n) is 40.3. The van der Waals surface area contributed by atoms with Crippen molar-refractivity contribution in [2.45, 2.75) is 84.0 Å². The maximum Gasteiger partial charge on any atom is 0.304 e. The Kier molecular flexibility index (Phi) is 9.97. The highest BCUT2D eigenvalue weighted by Crippen LogP contribution is 2.49. The molecule has 0 bridgehead atoms. The number of nitrogens with zero attached hydrogens (tertiary/aromatic N) is 3. The number of benzene rings is 7. The molecule has 5 heteroatoms. The van der Waals surface area contributed by atoms with E-state index < -0.39 is 8.07 Å². The third-order valence-electron chi connectivity index (χ3n) is 15.1. The van der Waals surface area contributed by atoms with Crippen LogP contribution in [0.25, 0.3) is 89.3 Å². The quantitative estimate of drug-likeness (QED) is 0.121. The molecule has 0 N–H and O–H groups in total. The van der Waals surface area contributed by atoms with Crippen LogP contribution >= 0.6 is 0 Å². The van der Waals surface area contributed by atoms with Gasteiger partial charge in [0.1, 0.15) is 16.8 Å². The van der Waals surface area contributed by atoms with E-state index in [0.717, 1.165) is 74.0 Å². The summed E-state index contributed by atoms with van der Waals surface area (Å²) < 4.78 is 15.2. The van der Waals surface area contributed by atoms with Gasteiger partial charge in [0.05, 0.1) is 14.0 Å². The van der Waals surface area contributed by atoms with Gasteiger partial charge in [-0.1, -0.05) is 175 Å². The van der Waals surface area contributed by atoms with Crippen molar-refractivity contribution in [1.82, 2.24) is 4.57 Å². The summed E-state index contributed by atoms with van der Waals surface area (Å²) in [5.41, 5.74) is 20.2. The molecule has 0 radical (unpaired) electrons. The molecule has 0 aliphatic carbocycles. The van der Waals surface area contributed by atoms with Gasteiger partial charge >= 0.3 is 5.82 Å². The molecule has 3 aromatic heterocycles. The van der Waals surface area contributed by atoms with Crippen LogP contribution in [0.5, 0.6) is 0 Å². The van der Waals surface area contributed by atoms with Crippen LogP contribution < -0.4 is 14.3 Å². The SMILES string of the molecule is C=C1C2C(CCc3ccc4c(oc5cc(-c6ccc(-c7ccccc7)cc6)ccc54)c3-c3n(-c4c(C(C)C)cccc4C(C)C)c4ccccc4[n+]31)c1ccccc1-c1ccc([Si](C)(C)C)c[n+]12. The van der Waals surface area contributed by atoms with Crippen LogP contribution in [-0.2, 0) is 6.42 Å². The Balaban J connectivity index is 1.17. The van der Waals surface area contributed by atoms with Crippen LogP contribution in [0.2, 0.25) is 19.6 Å². The van der Waals surface area contributed by atoms with E-state index in [0.29, 0.717) is 0 Å². The van der Waals surface area contributed by atoms with Gasteiger partial charge in [-0.25, -0.2) is 0 Å². The molecule has 0 saturated heterocycles. The monoisotopic (exact) mass is 901 g/mol. The summed E-state index contributed by atoms with van der Waals surface area (Å²) in [6, 6.07) is 60.9. The molecule has 10 aromatic rings. The van der Waals surface area contributed by atoms with Crippen LogP contribution in [0.4, 0.5) is 0 Å². The van der Waals surface area contributed by atoms with Crippen molar-refractivity contribution >= 4 is 51.9 Å². The van der Waals surface area contributed by atoms with Crippen molar-refractivity contribution in [2.24, 2.45) is 0 Å². The zero-order chi connectivity index (χ0) is 46.6. The molecule has 4 nitrogen and oxygen atoms in total. The minimum absolute atomic E-state index is 0.0413. The number of imidazole rings is 1. The van der Waals surface area contributed by atoms with Gasteiger partial charge in [0, 0.05) is 38.7 Å². The van der Waals surface area contributed by atoms with Crippen molar-refractivity contribution < 1.29 is 13.6 Å². The van der Waals surface area contributed by atoms with Crippen molar-refractivity contribution in [3.8, 4) is 50.6 Å². The molecule has 0 spiro atoms. The first-order valence-electron chi connectivity index (χ1n) is 24.6. The maximum absolute atomic E-state index is 7.41. The summed E-state index contributed by atoms with van der Waals surface area (Å²) >= 11 is 0. The smallest absolute Gasteiger partial charge is 0.304 e. The van der Waals surface area contributed by atoms with Gasteiger partial charge in [-0.15, -0.1) is 0 Å². The second-order valence-electron chi connectivity index (χ2n) is 20.9. The van der Waals surface area contributed by atoms with E-state index in [1.807, 2.05) is 0 Å². The Morgan fingerprint density at radius 1 is 0.647 bits per heavy atom. The molecule has 2 aliphatic heterocycles. The van der Waals surface area contributed by atoms with E-state index in [2.05, 4.69) is 231 Å². The second kappa shape index (κ2) is 16.0. The molecule has 7 aromatic carbocycles. The molecule has 2 aliphatic rings. The Hall–Kier alpha value is -7.08. The van der Waals surface area contributed by atoms with Crippen LogP contribution in [0, 0.1) is 0 Å². The van der Waals surface area contributed by atoms with Crippen LogP contribution in [0.3, 0.4) is 0 Å². The van der Waals surface area contributed by atoms with Gasteiger partial charge in [0.15, 0.2) is 28.5 Å². The summed E-state index contributed by atoms with van der Waals surface area (Å²) in [6.45, 7) is 22.0. The molecule has 0 amide bonds. The molecule has 0 saturated carbocycles. The molecule has 334 valence electrons. The molecular formula is C63H59N3OSi+2. The number of rotatable bonds is 6. The number of furan rings is 1. The average molecular weight is 902 g/mol. The van der Waals surface area contributed by atoms with Gasteiger partial charge in [-0.2, -0.15) is 13.7 Å². The predicted octanol–water partition coefficient (Wildman–Crippen LogP) is 15.3. The van der Waals surface area contributed by atoms with Gasteiger partial charge in [0.2, 0.25) is 11.7 Å². The van der Waals surface area contributed by atoms with Gasteiger partial charge in [-0.05, 0) is 95.0 Å². The molecule has 12 rings (SSSR count). The van der Waals surface area contributed by atoms with Crippen molar-refractivity contribution in [2.75, 3.05) is 0 Å².